The van der Waals surface area contributed by atoms with Crippen LogP contribution in [-0.2, 0) is 0 Å². The van der Waals surface area contributed by atoms with E-state index in [1.165, 1.54) is 47.2 Å². The summed E-state index contributed by atoms with van der Waals surface area (Å²) < 4.78 is 7.22. The summed E-state index contributed by atoms with van der Waals surface area (Å²) in [6.45, 7) is 0. The van der Waals surface area contributed by atoms with Gasteiger partial charge >= 0.3 is 0 Å². The summed E-state index contributed by atoms with van der Waals surface area (Å²) in [6, 6.07) is 60.5. The number of aromatic nitrogens is 4. The predicted octanol–water partition coefficient (Wildman–Crippen LogP) is 12.4. The van der Waals surface area contributed by atoms with E-state index >= 15 is 0 Å². The Labute approximate surface area is 297 Å². The smallest absolute Gasteiger partial charge is 0.163 e. The van der Waals surface area contributed by atoms with Gasteiger partial charge in [0.1, 0.15) is 5.82 Å². The molecule has 4 nitrogen and oxygen atoms in total. The van der Waals surface area contributed by atoms with Crippen LogP contribution in [0.25, 0.3) is 97.9 Å². The number of benzene rings is 7. The van der Waals surface area contributed by atoms with Gasteiger partial charge in [-0.1, -0.05) is 121 Å². The van der Waals surface area contributed by atoms with Gasteiger partial charge in [-0.25, -0.2) is 9.97 Å². The van der Waals surface area contributed by atoms with Gasteiger partial charge in [0.25, 0.3) is 0 Å². The van der Waals surface area contributed by atoms with Crippen molar-refractivity contribution in [3.8, 4) is 34.2 Å². The average molecular weight is 669 g/mol. The van der Waals surface area contributed by atoms with Crippen molar-refractivity contribution in [2.75, 3.05) is 0 Å². The third-order valence-electron chi connectivity index (χ3n) is 10.1. The van der Waals surface area contributed by atoms with Crippen LogP contribution in [0.3, 0.4) is 0 Å². The Morgan fingerprint density at radius 2 is 1.12 bits per heavy atom. The fraction of sp³-hybridized carbons (Fsp3) is 0. The van der Waals surface area contributed by atoms with E-state index in [0.717, 1.165) is 44.9 Å². The van der Waals surface area contributed by atoms with E-state index in [9.17, 15) is 0 Å². The number of hydrogen-bond acceptors (Lipinski definition) is 3. The standard InChI is InChI=1S/C46H28N4S/c1-3-14-29(15-4-1)37-28-42(48-46(47-37)36-22-13-21-34-32-19-9-12-25-41(32)51-45(34)36)50-38-23-10-7-18-31(38)33-26-27-40-43(44(33)50)35-20-8-11-24-39(35)49(40)30-16-5-2-6-17-30/h1-28H. The molecule has 0 saturated heterocycles. The molecule has 5 heteroatoms. The Kier molecular flexibility index (Phi) is 6.09. The number of hydrogen-bond donors (Lipinski definition) is 0. The maximum Gasteiger partial charge on any atom is 0.163 e. The summed E-state index contributed by atoms with van der Waals surface area (Å²) >= 11 is 1.81. The fourth-order valence-electron chi connectivity index (χ4n) is 7.95. The first-order valence-electron chi connectivity index (χ1n) is 17.2. The van der Waals surface area contributed by atoms with Crippen molar-refractivity contribution in [2.45, 2.75) is 0 Å². The second kappa shape index (κ2) is 11.0. The minimum absolute atomic E-state index is 0.716. The molecule has 51 heavy (non-hydrogen) atoms. The molecular formula is C46H28N4S. The van der Waals surface area contributed by atoms with Gasteiger partial charge in [-0.15, -0.1) is 11.3 Å². The SMILES string of the molecule is c1ccc(-c2cc(-n3c4ccccc4c4ccc5c(c6ccccc6n5-c5ccccc5)c43)nc(-c3cccc4c3sc3ccccc34)n2)cc1. The zero-order valence-electron chi connectivity index (χ0n) is 27.4. The number of nitrogens with zero attached hydrogens (tertiary/aromatic N) is 4. The highest BCUT2D eigenvalue weighted by molar-refractivity contribution is 7.26. The zero-order chi connectivity index (χ0) is 33.5. The highest BCUT2D eigenvalue weighted by atomic mass is 32.1. The summed E-state index contributed by atoms with van der Waals surface area (Å²) in [5.74, 6) is 1.56. The molecule has 0 aliphatic carbocycles. The second-order valence-electron chi connectivity index (χ2n) is 13.0. The van der Waals surface area contributed by atoms with Crippen molar-refractivity contribution in [1.82, 2.24) is 19.1 Å². The molecule has 238 valence electrons. The minimum Gasteiger partial charge on any atom is -0.309 e. The minimum atomic E-state index is 0.716. The molecule has 0 amide bonds. The Hall–Kier alpha value is -6.56. The van der Waals surface area contributed by atoms with E-state index in [1.807, 2.05) is 11.3 Å². The summed E-state index contributed by atoms with van der Waals surface area (Å²) in [5.41, 5.74) is 8.70. The Morgan fingerprint density at radius 3 is 1.94 bits per heavy atom. The largest absolute Gasteiger partial charge is 0.309 e. The van der Waals surface area contributed by atoms with Crippen LogP contribution in [0.4, 0.5) is 0 Å². The summed E-state index contributed by atoms with van der Waals surface area (Å²) in [7, 11) is 0. The summed E-state index contributed by atoms with van der Waals surface area (Å²) in [6.07, 6.45) is 0. The van der Waals surface area contributed by atoms with Crippen LogP contribution in [0.1, 0.15) is 0 Å². The molecule has 0 unspecified atom stereocenters. The molecule has 0 bridgehead atoms. The molecule has 0 saturated carbocycles. The van der Waals surface area contributed by atoms with Crippen molar-refractivity contribution < 1.29 is 0 Å². The lowest BCUT2D eigenvalue weighted by Crippen LogP contribution is -2.03. The van der Waals surface area contributed by atoms with Crippen LogP contribution in [0.5, 0.6) is 0 Å². The predicted molar refractivity (Wildman–Crippen MR) is 214 cm³/mol. The molecule has 0 fully saturated rings. The highest BCUT2D eigenvalue weighted by Gasteiger charge is 2.23. The summed E-state index contributed by atoms with van der Waals surface area (Å²) in [5, 5.41) is 7.30. The van der Waals surface area contributed by atoms with Crippen LogP contribution in [0.15, 0.2) is 170 Å². The number of para-hydroxylation sites is 3. The molecule has 11 aromatic rings. The highest BCUT2D eigenvalue weighted by Crippen LogP contribution is 2.43. The zero-order valence-corrected chi connectivity index (χ0v) is 28.2. The number of rotatable bonds is 4. The first-order chi connectivity index (χ1) is 25.3. The molecule has 0 aliphatic heterocycles. The monoisotopic (exact) mass is 668 g/mol. The summed E-state index contributed by atoms with van der Waals surface area (Å²) in [4.78, 5) is 10.8. The van der Waals surface area contributed by atoms with Crippen molar-refractivity contribution in [2.24, 2.45) is 0 Å². The van der Waals surface area contributed by atoms with Crippen LogP contribution in [-0.4, -0.2) is 19.1 Å². The lowest BCUT2D eigenvalue weighted by Gasteiger charge is -2.13. The third-order valence-corrected chi connectivity index (χ3v) is 11.4. The fourth-order valence-corrected chi connectivity index (χ4v) is 9.16. The van der Waals surface area contributed by atoms with Gasteiger partial charge in [0.05, 0.1) is 27.8 Å². The number of fused-ring (bicyclic) bond motifs is 10. The molecule has 4 heterocycles. The molecule has 7 aromatic carbocycles. The van der Waals surface area contributed by atoms with Gasteiger partial charge in [-0.3, -0.25) is 4.57 Å². The van der Waals surface area contributed by atoms with Crippen molar-refractivity contribution in [3.05, 3.63) is 170 Å². The van der Waals surface area contributed by atoms with Gasteiger partial charge in [0.15, 0.2) is 5.82 Å². The molecule has 11 rings (SSSR count). The quantitative estimate of drug-likeness (QED) is 0.187. The van der Waals surface area contributed by atoms with Gasteiger partial charge in [0.2, 0.25) is 0 Å². The number of thiophene rings is 1. The van der Waals surface area contributed by atoms with Crippen LogP contribution < -0.4 is 0 Å². The van der Waals surface area contributed by atoms with E-state index < -0.39 is 0 Å². The van der Waals surface area contributed by atoms with Gasteiger partial charge in [-0.2, -0.15) is 0 Å². The molecule has 0 atom stereocenters. The maximum absolute atomic E-state index is 5.50. The van der Waals surface area contributed by atoms with E-state index in [-0.39, 0.29) is 0 Å². The average Bonchev–Trinajstić information content (AvgIpc) is 3.86. The van der Waals surface area contributed by atoms with E-state index in [2.05, 4.69) is 179 Å². The van der Waals surface area contributed by atoms with Crippen molar-refractivity contribution >= 4 is 75.1 Å². The first-order valence-corrected chi connectivity index (χ1v) is 18.0. The topological polar surface area (TPSA) is 35.6 Å². The van der Waals surface area contributed by atoms with Gasteiger partial charge in [0, 0.05) is 64.6 Å². The van der Waals surface area contributed by atoms with Crippen molar-refractivity contribution in [3.63, 3.8) is 0 Å². The van der Waals surface area contributed by atoms with Crippen molar-refractivity contribution in [1.29, 1.82) is 0 Å². The molecule has 0 N–H and O–H groups in total. The Balaban J connectivity index is 1.29. The lowest BCUT2D eigenvalue weighted by molar-refractivity contribution is 1.05. The van der Waals surface area contributed by atoms with Crippen LogP contribution >= 0.6 is 11.3 Å². The third kappa shape index (κ3) is 4.19. The molecule has 0 aliphatic rings. The lowest BCUT2D eigenvalue weighted by atomic mass is 10.1. The van der Waals surface area contributed by atoms with Gasteiger partial charge < -0.3 is 4.57 Å². The molecular weight excluding hydrogens is 641 g/mol. The molecule has 0 spiro atoms. The molecule has 0 radical (unpaired) electrons. The van der Waals surface area contributed by atoms with Crippen LogP contribution in [0.2, 0.25) is 0 Å². The van der Waals surface area contributed by atoms with Gasteiger partial charge in [-0.05, 0) is 42.5 Å². The molecule has 4 aromatic heterocycles. The second-order valence-corrected chi connectivity index (χ2v) is 14.0. The Morgan fingerprint density at radius 1 is 0.451 bits per heavy atom. The van der Waals surface area contributed by atoms with E-state index in [1.54, 1.807) is 0 Å². The van der Waals surface area contributed by atoms with E-state index in [0.29, 0.717) is 5.82 Å². The maximum atomic E-state index is 5.50. The van der Waals surface area contributed by atoms with Crippen LogP contribution in [0, 0.1) is 0 Å². The first kappa shape index (κ1) is 28.3. The normalized spacial score (nSPS) is 11.9. The van der Waals surface area contributed by atoms with E-state index in [4.69, 9.17) is 9.97 Å². The Bertz CT molecular complexity index is 3130.